The molecule has 0 unspecified atom stereocenters. The van der Waals surface area contributed by atoms with E-state index in [1.54, 1.807) is 62.4 Å². The molecule has 35 heavy (non-hydrogen) atoms. The predicted octanol–water partition coefficient (Wildman–Crippen LogP) is 5.45. The zero-order valence-electron chi connectivity index (χ0n) is 19.7. The van der Waals surface area contributed by atoms with Crippen LogP contribution in [0.1, 0.15) is 41.1 Å². The van der Waals surface area contributed by atoms with E-state index in [0.29, 0.717) is 39.6 Å². The summed E-state index contributed by atoms with van der Waals surface area (Å²) in [5.74, 6) is -0.103. The molecular weight excluding hydrogens is 450 g/mol. The number of nitro benzene ring substituents is 1. The third-order valence-corrected chi connectivity index (χ3v) is 5.67. The van der Waals surface area contributed by atoms with Gasteiger partial charge in [0.05, 0.1) is 39.6 Å². The molecular formula is C26H23N3O6. The Kier molecular flexibility index (Phi) is 6.33. The summed E-state index contributed by atoms with van der Waals surface area (Å²) < 4.78 is 10.8. The molecule has 0 saturated heterocycles. The second kappa shape index (κ2) is 9.38. The van der Waals surface area contributed by atoms with Gasteiger partial charge in [0.1, 0.15) is 11.5 Å². The second-order valence-electron chi connectivity index (χ2n) is 8.04. The Balaban J connectivity index is 1.60. The number of nitro groups is 1. The van der Waals surface area contributed by atoms with Gasteiger partial charge in [0.15, 0.2) is 0 Å². The Morgan fingerprint density at radius 1 is 1.11 bits per heavy atom. The van der Waals surface area contributed by atoms with Crippen molar-refractivity contribution < 1.29 is 23.7 Å². The molecule has 0 atom stereocenters. The van der Waals surface area contributed by atoms with Crippen LogP contribution in [-0.2, 0) is 9.53 Å². The monoisotopic (exact) mass is 473 g/mol. The lowest BCUT2D eigenvalue weighted by Gasteiger charge is -2.12. The molecule has 9 heteroatoms. The van der Waals surface area contributed by atoms with E-state index in [-0.39, 0.29) is 18.2 Å². The lowest BCUT2D eigenvalue weighted by molar-refractivity contribution is -0.384. The summed E-state index contributed by atoms with van der Waals surface area (Å²) in [5, 5.41) is 17.1. The first-order valence-corrected chi connectivity index (χ1v) is 10.9. The molecule has 1 amide bonds. The average Bonchev–Trinajstić information content (AvgIpc) is 3.41. The zero-order valence-corrected chi connectivity index (χ0v) is 19.7. The zero-order chi connectivity index (χ0) is 25.3. The van der Waals surface area contributed by atoms with Crippen LogP contribution in [0.2, 0.25) is 0 Å². The number of esters is 1. The molecule has 3 aromatic rings. The molecule has 178 valence electrons. The first-order chi connectivity index (χ1) is 16.7. The summed E-state index contributed by atoms with van der Waals surface area (Å²) in [7, 11) is 0. The predicted molar refractivity (Wildman–Crippen MR) is 131 cm³/mol. The summed E-state index contributed by atoms with van der Waals surface area (Å²) in [6, 6.07) is 12.9. The van der Waals surface area contributed by atoms with Crippen LogP contribution in [0.15, 0.2) is 63.6 Å². The Morgan fingerprint density at radius 3 is 2.46 bits per heavy atom. The first-order valence-electron chi connectivity index (χ1n) is 10.9. The van der Waals surface area contributed by atoms with Crippen LogP contribution in [0.4, 0.5) is 11.4 Å². The molecule has 1 aliphatic rings. The highest BCUT2D eigenvalue weighted by atomic mass is 16.6. The Morgan fingerprint density at radius 2 is 1.80 bits per heavy atom. The molecule has 0 bridgehead atoms. The van der Waals surface area contributed by atoms with Gasteiger partial charge in [0.2, 0.25) is 0 Å². The molecule has 0 radical (unpaired) electrons. The van der Waals surface area contributed by atoms with Gasteiger partial charge in [-0.2, -0.15) is 10.1 Å². The van der Waals surface area contributed by atoms with E-state index in [9.17, 15) is 19.7 Å². The molecule has 0 spiro atoms. The van der Waals surface area contributed by atoms with Crippen molar-refractivity contribution in [2.24, 2.45) is 5.10 Å². The van der Waals surface area contributed by atoms with Crippen molar-refractivity contribution in [3.8, 4) is 11.3 Å². The van der Waals surface area contributed by atoms with Gasteiger partial charge >= 0.3 is 5.97 Å². The maximum Gasteiger partial charge on any atom is 0.338 e. The first kappa shape index (κ1) is 23.6. The van der Waals surface area contributed by atoms with Crippen LogP contribution in [0, 0.1) is 24.0 Å². The Bertz CT molecular complexity index is 1400. The van der Waals surface area contributed by atoms with E-state index in [2.05, 4.69) is 5.10 Å². The van der Waals surface area contributed by atoms with Crippen LogP contribution in [0.25, 0.3) is 17.4 Å². The number of anilines is 1. The summed E-state index contributed by atoms with van der Waals surface area (Å²) in [4.78, 5) is 36.0. The number of hydrogen-bond donors (Lipinski definition) is 0. The number of aryl methyl sites for hydroxylation is 2. The molecule has 0 fully saturated rings. The van der Waals surface area contributed by atoms with Crippen molar-refractivity contribution >= 4 is 35.0 Å². The van der Waals surface area contributed by atoms with E-state index in [0.717, 1.165) is 11.1 Å². The van der Waals surface area contributed by atoms with Crippen molar-refractivity contribution in [3.05, 3.63) is 86.7 Å². The fourth-order valence-corrected chi connectivity index (χ4v) is 3.68. The van der Waals surface area contributed by atoms with Crippen molar-refractivity contribution in [1.29, 1.82) is 0 Å². The van der Waals surface area contributed by atoms with Gasteiger partial charge in [-0.1, -0.05) is 0 Å². The number of furan rings is 1. The summed E-state index contributed by atoms with van der Waals surface area (Å²) in [6.07, 6.45) is 1.56. The Labute approximate surface area is 201 Å². The number of carbonyl (C=O) groups excluding carboxylic acids is 2. The largest absolute Gasteiger partial charge is 0.462 e. The molecule has 9 nitrogen and oxygen atoms in total. The minimum Gasteiger partial charge on any atom is -0.462 e. The molecule has 2 aromatic carbocycles. The summed E-state index contributed by atoms with van der Waals surface area (Å²) >= 11 is 0. The summed E-state index contributed by atoms with van der Waals surface area (Å²) in [5.41, 5.74) is 3.73. The minimum atomic E-state index is -0.440. The second-order valence-corrected chi connectivity index (χ2v) is 8.04. The van der Waals surface area contributed by atoms with Crippen LogP contribution >= 0.6 is 0 Å². The third-order valence-electron chi connectivity index (χ3n) is 5.67. The van der Waals surface area contributed by atoms with E-state index >= 15 is 0 Å². The molecule has 4 rings (SSSR count). The SMILES string of the molecule is CCOC(=O)c1ccc(N2N=C(C)/C(=C/c3ccc(-c4cc(C)c(C)cc4[N+](=O)[O-])o3)C2=O)cc1. The van der Waals surface area contributed by atoms with Crippen molar-refractivity contribution in [2.75, 3.05) is 11.6 Å². The molecule has 1 aliphatic heterocycles. The van der Waals surface area contributed by atoms with E-state index in [1.807, 2.05) is 13.8 Å². The molecule has 1 aromatic heterocycles. The van der Waals surface area contributed by atoms with Crippen LogP contribution in [0.3, 0.4) is 0 Å². The van der Waals surface area contributed by atoms with Crippen molar-refractivity contribution in [3.63, 3.8) is 0 Å². The third kappa shape index (κ3) is 4.61. The van der Waals surface area contributed by atoms with Gasteiger partial charge in [0, 0.05) is 6.07 Å². The maximum absolute atomic E-state index is 13.1. The lowest BCUT2D eigenvalue weighted by atomic mass is 10.0. The number of amides is 1. The fourth-order valence-electron chi connectivity index (χ4n) is 3.68. The normalized spacial score (nSPS) is 14.4. The van der Waals surface area contributed by atoms with Crippen LogP contribution in [-0.4, -0.2) is 29.1 Å². The van der Waals surface area contributed by atoms with Gasteiger partial charge in [-0.3, -0.25) is 14.9 Å². The quantitative estimate of drug-likeness (QED) is 0.203. The number of benzene rings is 2. The molecule has 0 N–H and O–H groups in total. The number of rotatable bonds is 6. The van der Waals surface area contributed by atoms with E-state index in [1.165, 1.54) is 11.1 Å². The van der Waals surface area contributed by atoms with Crippen LogP contribution in [0.5, 0.6) is 0 Å². The van der Waals surface area contributed by atoms with Crippen molar-refractivity contribution in [1.82, 2.24) is 0 Å². The van der Waals surface area contributed by atoms with E-state index < -0.39 is 10.9 Å². The number of nitrogens with zero attached hydrogens (tertiary/aromatic N) is 3. The standard InChI is InChI=1S/C26H23N3O6/c1-5-34-26(31)18-6-8-19(9-7-18)28-25(30)21(17(4)27-28)14-20-10-11-24(35-20)22-12-15(2)16(3)13-23(22)29(32)33/h6-14H,5H2,1-4H3/b21-14-. The maximum atomic E-state index is 13.1. The highest BCUT2D eigenvalue weighted by Crippen LogP contribution is 2.34. The van der Waals surface area contributed by atoms with Crippen molar-refractivity contribution in [2.45, 2.75) is 27.7 Å². The van der Waals surface area contributed by atoms with Gasteiger partial charge < -0.3 is 9.15 Å². The van der Waals surface area contributed by atoms with Crippen LogP contribution < -0.4 is 5.01 Å². The smallest absolute Gasteiger partial charge is 0.338 e. The number of carbonyl (C=O) groups is 2. The van der Waals surface area contributed by atoms with Gasteiger partial charge in [-0.05, 0) is 87.4 Å². The number of hydrogen-bond acceptors (Lipinski definition) is 7. The minimum absolute atomic E-state index is 0.0474. The lowest BCUT2D eigenvalue weighted by Crippen LogP contribution is -2.21. The molecule has 0 saturated carbocycles. The fraction of sp³-hybridized carbons (Fsp3) is 0.192. The average molecular weight is 473 g/mol. The molecule has 2 heterocycles. The number of ether oxygens (including phenoxy) is 1. The topological polar surface area (TPSA) is 115 Å². The highest BCUT2D eigenvalue weighted by Gasteiger charge is 2.29. The van der Waals surface area contributed by atoms with E-state index in [4.69, 9.17) is 9.15 Å². The molecule has 0 aliphatic carbocycles. The highest BCUT2D eigenvalue weighted by molar-refractivity contribution is 6.32. The van der Waals surface area contributed by atoms with Gasteiger partial charge in [-0.25, -0.2) is 4.79 Å². The summed E-state index contributed by atoms with van der Waals surface area (Å²) in [6.45, 7) is 7.39. The number of hydrazone groups is 1. The Hall–Kier alpha value is -4.53. The van der Waals surface area contributed by atoms with Gasteiger partial charge in [0.25, 0.3) is 11.6 Å². The van der Waals surface area contributed by atoms with Gasteiger partial charge in [-0.15, -0.1) is 0 Å².